The summed E-state index contributed by atoms with van der Waals surface area (Å²) >= 11 is 11.7. The molecular weight excluding hydrogens is 265 g/mol. The van der Waals surface area contributed by atoms with Crippen LogP contribution >= 0.6 is 23.2 Å². The molecule has 90 valence electrons. The molecule has 6 heteroatoms. The predicted octanol–water partition coefficient (Wildman–Crippen LogP) is 2.57. The summed E-state index contributed by atoms with van der Waals surface area (Å²) in [5, 5.41) is 9.78. The number of nitrogens with zero attached hydrogens (tertiary/aromatic N) is 1. The lowest BCUT2D eigenvalue weighted by molar-refractivity contribution is -0.138. The summed E-state index contributed by atoms with van der Waals surface area (Å²) in [5.74, 6) is -1.25. The quantitative estimate of drug-likeness (QED) is 0.901. The lowest BCUT2D eigenvalue weighted by Crippen LogP contribution is -2.38. The molecule has 0 aliphatic carbocycles. The number of halogens is 2. The van der Waals surface area contributed by atoms with Gasteiger partial charge >= 0.3 is 5.97 Å². The lowest BCUT2D eigenvalue weighted by atomic mass is 10.2. The average molecular weight is 274 g/mol. The normalized spacial score (nSPS) is 19.8. The zero-order chi connectivity index (χ0) is 12.6. The molecule has 1 N–H and O–H groups in total. The summed E-state index contributed by atoms with van der Waals surface area (Å²) in [7, 11) is 0. The maximum atomic E-state index is 11.7. The molecule has 1 saturated heterocycles. The second kappa shape index (κ2) is 4.55. The number of hydrogen-bond donors (Lipinski definition) is 1. The van der Waals surface area contributed by atoms with Gasteiger partial charge in [0.15, 0.2) is 0 Å². The van der Waals surface area contributed by atoms with Crippen LogP contribution in [0, 0.1) is 0 Å². The molecule has 1 aromatic rings. The molecule has 1 aliphatic rings. The summed E-state index contributed by atoms with van der Waals surface area (Å²) in [4.78, 5) is 24.0. The number of carbonyl (C=O) groups excluding carboxylic acids is 1. The Morgan fingerprint density at radius 1 is 1.29 bits per heavy atom. The number of benzene rings is 1. The van der Waals surface area contributed by atoms with E-state index in [9.17, 15) is 9.59 Å². The fourth-order valence-electron chi connectivity index (χ4n) is 1.92. The highest BCUT2D eigenvalue weighted by molar-refractivity contribution is 6.35. The minimum Gasteiger partial charge on any atom is -0.480 e. The van der Waals surface area contributed by atoms with Crippen LogP contribution in [0.2, 0.25) is 10.0 Å². The first-order chi connectivity index (χ1) is 7.99. The van der Waals surface area contributed by atoms with Gasteiger partial charge in [0.05, 0.1) is 0 Å². The van der Waals surface area contributed by atoms with Crippen LogP contribution in [0.1, 0.15) is 12.8 Å². The zero-order valence-electron chi connectivity index (χ0n) is 8.69. The van der Waals surface area contributed by atoms with E-state index in [1.807, 2.05) is 0 Å². The Hall–Kier alpha value is -1.26. The fraction of sp³-hybridized carbons (Fsp3) is 0.273. The van der Waals surface area contributed by atoms with E-state index >= 15 is 0 Å². The molecule has 1 amide bonds. The molecule has 0 spiro atoms. The van der Waals surface area contributed by atoms with Gasteiger partial charge in [0, 0.05) is 22.2 Å². The largest absolute Gasteiger partial charge is 0.480 e. The summed E-state index contributed by atoms with van der Waals surface area (Å²) in [6.07, 6.45) is 0.527. The molecule has 1 fully saturated rings. The van der Waals surface area contributed by atoms with Crippen LogP contribution < -0.4 is 4.90 Å². The molecule has 0 radical (unpaired) electrons. The van der Waals surface area contributed by atoms with Crippen molar-refractivity contribution in [2.75, 3.05) is 4.90 Å². The Balaban J connectivity index is 2.42. The van der Waals surface area contributed by atoms with Gasteiger partial charge in [0.25, 0.3) is 0 Å². The Kier molecular flexibility index (Phi) is 3.26. The Bertz CT molecular complexity index is 469. The Morgan fingerprint density at radius 2 is 1.88 bits per heavy atom. The maximum Gasteiger partial charge on any atom is 0.326 e. The second-order valence-corrected chi connectivity index (χ2v) is 4.66. The standard InChI is InChI=1S/C11H9Cl2NO3/c12-6-3-7(13)5-8(4-6)14-9(11(16)17)1-2-10(14)15/h3-5,9H,1-2H2,(H,16,17)/t9-/m0/s1. The summed E-state index contributed by atoms with van der Waals surface area (Å²) < 4.78 is 0. The first-order valence-electron chi connectivity index (χ1n) is 5.00. The van der Waals surface area contributed by atoms with Crippen LogP contribution in [0.4, 0.5) is 5.69 Å². The molecule has 2 rings (SSSR count). The van der Waals surface area contributed by atoms with E-state index < -0.39 is 12.0 Å². The molecule has 1 atom stereocenters. The van der Waals surface area contributed by atoms with Crippen molar-refractivity contribution >= 4 is 40.8 Å². The van der Waals surface area contributed by atoms with E-state index in [-0.39, 0.29) is 12.3 Å². The van der Waals surface area contributed by atoms with E-state index in [2.05, 4.69) is 0 Å². The molecule has 0 bridgehead atoms. The SMILES string of the molecule is O=C(O)[C@@H]1CCC(=O)N1c1cc(Cl)cc(Cl)c1. The predicted molar refractivity (Wildman–Crippen MR) is 64.6 cm³/mol. The molecule has 4 nitrogen and oxygen atoms in total. The van der Waals surface area contributed by atoms with E-state index in [0.717, 1.165) is 0 Å². The van der Waals surface area contributed by atoms with Crippen molar-refractivity contribution in [3.8, 4) is 0 Å². The first kappa shape index (κ1) is 12.2. The molecular formula is C11H9Cl2NO3. The smallest absolute Gasteiger partial charge is 0.326 e. The van der Waals surface area contributed by atoms with Gasteiger partial charge in [-0.15, -0.1) is 0 Å². The molecule has 1 aromatic carbocycles. The third-order valence-corrected chi connectivity index (χ3v) is 3.06. The lowest BCUT2D eigenvalue weighted by Gasteiger charge is -2.22. The highest BCUT2D eigenvalue weighted by Gasteiger charge is 2.37. The van der Waals surface area contributed by atoms with Gasteiger partial charge in [0.1, 0.15) is 6.04 Å². The summed E-state index contributed by atoms with van der Waals surface area (Å²) in [6.45, 7) is 0. The van der Waals surface area contributed by atoms with Gasteiger partial charge in [-0.05, 0) is 24.6 Å². The van der Waals surface area contributed by atoms with Crippen molar-refractivity contribution < 1.29 is 14.7 Å². The van der Waals surface area contributed by atoms with Crippen molar-refractivity contribution in [2.24, 2.45) is 0 Å². The van der Waals surface area contributed by atoms with Crippen LogP contribution in [-0.4, -0.2) is 23.0 Å². The third-order valence-electron chi connectivity index (χ3n) is 2.62. The molecule has 0 unspecified atom stereocenters. The second-order valence-electron chi connectivity index (χ2n) is 3.78. The maximum absolute atomic E-state index is 11.7. The van der Waals surface area contributed by atoms with Crippen molar-refractivity contribution in [3.63, 3.8) is 0 Å². The monoisotopic (exact) mass is 273 g/mol. The minimum absolute atomic E-state index is 0.223. The van der Waals surface area contributed by atoms with Crippen LogP contribution in [0.5, 0.6) is 0 Å². The van der Waals surface area contributed by atoms with Gasteiger partial charge in [0.2, 0.25) is 5.91 Å². The number of hydrogen-bond acceptors (Lipinski definition) is 2. The fourth-order valence-corrected chi connectivity index (χ4v) is 2.43. The van der Waals surface area contributed by atoms with Crippen molar-refractivity contribution in [2.45, 2.75) is 18.9 Å². The number of carboxylic acids is 1. The van der Waals surface area contributed by atoms with Crippen molar-refractivity contribution in [1.29, 1.82) is 0 Å². The topological polar surface area (TPSA) is 57.6 Å². The molecule has 1 heterocycles. The van der Waals surface area contributed by atoms with E-state index in [4.69, 9.17) is 28.3 Å². The van der Waals surface area contributed by atoms with Gasteiger partial charge in [-0.3, -0.25) is 9.69 Å². The van der Waals surface area contributed by atoms with Crippen LogP contribution in [0.15, 0.2) is 18.2 Å². The summed E-state index contributed by atoms with van der Waals surface area (Å²) in [6, 6.07) is 3.76. The van der Waals surface area contributed by atoms with Crippen LogP contribution in [-0.2, 0) is 9.59 Å². The number of rotatable bonds is 2. The highest BCUT2D eigenvalue weighted by Crippen LogP contribution is 2.31. The number of anilines is 1. The van der Waals surface area contributed by atoms with E-state index in [0.29, 0.717) is 22.2 Å². The molecule has 1 aliphatic heterocycles. The van der Waals surface area contributed by atoms with E-state index in [1.54, 1.807) is 0 Å². The first-order valence-corrected chi connectivity index (χ1v) is 5.75. The van der Waals surface area contributed by atoms with Gasteiger partial charge in [-0.2, -0.15) is 0 Å². The van der Waals surface area contributed by atoms with Crippen LogP contribution in [0.3, 0.4) is 0 Å². The average Bonchev–Trinajstić information content (AvgIpc) is 2.58. The van der Waals surface area contributed by atoms with Gasteiger partial charge < -0.3 is 5.11 Å². The Morgan fingerprint density at radius 3 is 2.41 bits per heavy atom. The molecule has 17 heavy (non-hydrogen) atoms. The minimum atomic E-state index is -1.02. The molecule has 0 saturated carbocycles. The third kappa shape index (κ3) is 2.37. The van der Waals surface area contributed by atoms with E-state index in [1.165, 1.54) is 23.1 Å². The number of aliphatic carboxylic acids is 1. The van der Waals surface area contributed by atoms with Crippen molar-refractivity contribution in [1.82, 2.24) is 0 Å². The van der Waals surface area contributed by atoms with Crippen LogP contribution in [0.25, 0.3) is 0 Å². The number of carboxylic acid groups (broad SMARTS) is 1. The van der Waals surface area contributed by atoms with Crippen molar-refractivity contribution in [3.05, 3.63) is 28.2 Å². The molecule has 0 aromatic heterocycles. The summed E-state index contributed by atoms with van der Waals surface area (Å²) in [5.41, 5.74) is 0.428. The van der Waals surface area contributed by atoms with Gasteiger partial charge in [-0.25, -0.2) is 4.79 Å². The highest BCUT2D eigenvalue weighted by atomic mass is 35.5. The number of amides is 1. The Labute approximate surface area is 108 Å². The zero-order valence-corrected chi connectivity index (χ0v) is 10.2. The van der Waals surface area contributed by atoms with Gasteiger partial charge in [-0.1, -0.05) is 23.2 Å². The number of carbonyl (C=O) groups is 2.